The Hall–Kier alpha value is -12.0. The molecule has 10 aromatic rings. The number of carbonyl (C=O) groups is 4. The highest BCUT2D eigenvalue weighted by atomic mass is 35.5. The molecule has 2 aliphatic heterocycles. The molecule has 7 amide bonds. The number of aromatic hydroxyl groups is 1. The molecule has 0 aliphatic carbocycles. The summed E-state index contributed by atoms with van der Waals surface area (Å²) in [5.74, 6) is -1.99. The zero-order valence-electron chi connectivity index (χ0n) is 48.9. The van der Waals surface area contributed by atoms with E-state index in [1.165, 1.54) is 71.0 Å². The number of nitro groups is 2. The highest BCUT2D eigenvalue weighted by Gasteiger charge is 2.35. The van der Waals surface area contributed by atoms with Crippen LogP contribution in [0.1, 0.15) is 0 Å². The van der Waals surface area contributed by atoms with Gasteiger partial charge in [0.15, 0.2) is 46.3 Å². The molecule has 2 aliphatic rings. The lowest BCUT2D eigenvalue weighted by Crippen LogP contribution is -2.39. The quantitative estimate of drug-likeness (QED) is 0.0271. The molecule has 24 nitrogen and oxygen atoms in total. The summed E-state index contributed by atoms with van der Waals surface area (Å²) in [6.07, 6.45) is 12.5. The number of urea groups is 3. The molecule has 488 valence electrons. The van der Waals surface area contributed by atoms with Crippen molar-refractivity contribution < 1.29 is 65.9 Å². The van der Waals surface area contributed by atoms with Gasteiger partial charge in [0, 0.05) is 121 Å². The third-order valence-electron chi connectivity index (χ3n) is 12.3. The van der Waals surface area contributed by atoms with Crippen molar-refractivity contribution in [3.8, 4) is 40.2 Å². The van der Waals surface area contributed by atoms with Gasteiger partial charge in [-0.25, -0.2) is 41.7 Å². The highest BCUT2D eigenvalue weighted by Crippen LogP contribution is 2.30. The Balaban J connectivity index is 0.000000189. The zero-order valence-corrected chi connectivity index (χ0v) is 51.3. The number of hydrogen-bond acceptors (Lipinski definition) is 17. The van der Waals surface area contributed by atoms with Gasteiger partial charge >= 0.3 is 23.5 Å². The van der Waals surface area contributed by atoms with Crippen molar-refractivity contribution in [3.63, 3.8) is 0 Å². The second kappa shape index (κ2) is 36.1. The maximum atomic E-state index is 14.3. The highest BCUT2D eigenvalue weighted by molar-refractivity contribution is 6.64. The van der Waals surface area contributed by atoms with Gasteiger partial charge in [0.05, 0.1) is 28.5 Å². The van der Waals surface area contributed by atoms with E-state index in [0.29, 0.717) is 48.6 Å². The smallest absolute Gasteiger partial charge is 0.332 e. The van der Waals surface area contributed by atoms with Crippen molar-refractivity contribution in [2.45, 2.75) is 0 Å². The summed E-state index contributed by atoms with van der Waals surface area (Å²) in [4.78, 5) is 87.1. The van der Waals surface area contributed by atoms with E-state index >= 15 is 0 Å². The number of nitrogens with one attached hydrogen (secondary N) is 1. The summed E-state index contributed by atoms with van der Waals surface area (Å²) in [7, 11) is 0. The number of ether oxygens (including phenoxy) is 3. The standard InChI is InChI=1S/C21H17FN4O3.C11H7FN2O3.C11H9FN2O.C10H9ClN2O2.C6H4FNO3.C5H4ClN.ClH/c22-18-14-15(6-7-19(18)29-17-8-10-23-11-9-17)24-20(27)26-13-12-25(21(26)28)16-4-2-1-3-5-16;12-10-7-8(14(15)16)1-2-11(10)17-9-3-5-13-6-4-9;12-10-7-8(13)1-2-11(10)15-9-3-5-14-6-4-9;11-9(14)13-7-6-12(10(13)15)8-4-2-1-3-5-8;7-5-3-4(8(10)11)1-2-6(5)9;6-5-1-3-7-4-2-5;/h1-11,14H,12-13H2,(H,24,27);1-7H;1-7H,13H2;1-5H,6-7H2;1-3,9H;1-4H;1H. The Morgan fingerprint density at radius 2 is 0.884 bits per heavy atom. The molecular formula is C64H51Cl3F4N12O12. The first-order valence-electron chi connectivity index (χ1n) is 27.2. The zero-order chi connectivity index (χ0) is 67.5. The lowest BCUT2D eigenvalue weighted by Gasteiger charge is -2.18. The second-order valence-corrected chi connectivity index (χ2v) is 19.4. The van der Waals surface area contributed by atoms with E-state index in [2.05, 4.69) is 25.3 Å². The van der Waals surface area contributed by atoms with Crippen LogP contribution in [0.15, 0.2) is 232 Å². The van der Waals surface area contributed by atoms with Gasteiger partial charge in [-0.15, -0.1) is 12.4 Å². The van der Waals surface area contributed by atoms with Crippen LogP contribution in [0.25, 0.3) is 0 Å². The van der Waals surface area contributed by atoms with E-state index in [-0.39, 0.29) is 59.3 Å². The number of imide groups is 2. The summed E-state index contributed by atoms with van der Waals surface area (Å²) in [6.45, 7) is 1.46. The average Bonchev–Trinajstić information content (AvgIpc) is 1.77. The fourth-order valence-electron chi connectivity index (χ4n) is 7.80. The summed E-state index contributed by atoms with van der Waals surface area (Å²) >= 11 is 10.8. The number of non-ortho nitro benzene ring substituents is 2. The number of phenolic OH excluding ortho intramolecular Hbond substituents is 1. The van der Waals surface area contributed by atoms with E-state index in [1.54, 1.807) is 91.5 Å². The van der Waals surface area contributed by atoms with E-state index in [4.69, 9.17) is 48.3 Å². The van der Waals surface area contributed by atoms with Crippen molar-refractivity contribution >= 4 is 93.2 Å². The summed E-state index contributed by atoms with van der Waals surface area (Å²) in [6, 6.07) is 44.2. The number of rotatable bonds is 11. The van der Waals surface area contributed by atoms with Crippen LogP contribution < -0.4 is 35.1 Å². The molecule has 2 saturated heterocycles. The number of aromatic nitrogens is 4. The molecule has 31 heteroatoms. The number of hydrogen-bond donors (Lipinski definition) is 3. The minimum atomic E-state index is -0.987. The molecule has 6 aromatic carbocycles. The van der Waals surface area contributed by atoms with Gasteiger partial charge in [-0.2, -0.15) is 0 Å². The van der Waals surface area contributed by atoms with Crippen LogP contribution in [0, 0.1) is 43.5 Å². The average molecular weight is 1360 g/mol. The fraction of sp³-hybridized carbons (Fsp3) is 0.0625. The number of nitrogen functional groups attached to an aromatic ring is 1. The minimum absolute atomic E-state index is 0. The predicted octanol–water partition coefficient (Wildman–Crippen LogP) is 15.9. The molecule has 6 heterocycles. The number of benzene rings is 6. The third-order valence-corrected chi connectivity index (χ3v) is 12.7. The molecule has 0 radical (unpaired) electrons. The van der Waals surface area contributed by atoms with E-state index < -0.39 is 56.3 Å². The van der Waals surface area contributed by atoms with Crippen molar-refractivity contribution in [3.05, 3.63) is 280 Å². The predicted molar refractivity (Wildman–Crippen MR) is 346 cm³/mol. The number of carbonyl (C=O) groups excluding carboxylic acids is 4. The number of halogens is 7. The molecule has 0 bridgehead atoms. The molecule has 12 rings (SSSR count). The molecule has 0 spiro atoms. The maximum Gasteiger partial charge on any atom is 0.332 e. The van der Waals surface area contributed by atoms with Gasteiger partial charge < -0.3 is 30.4 Å². The monoisotopic (exact) mass is 1360 g/mol. The number of anilines is 4. The van der Waals surface area contributed by atoms with E-state index in [9.17, 15) is 57.0 Å². The first-order valence-corrected chi connectivity index (χ1v) is 28.0. The van der Waals surface area contributed by atoms with Crippen molar-refractivity contribution in [1.29, 1.82) is 0 Å². The number of phenols is 1. The Labute approximate surface area is 553 Å². The molecule has 0 unspecified atom stereocenters. The number of amides is 7. The van der Waals surface area contributed by atoms with Crippen LogP contribution in [0.5, 0.6) is 40.2 Å². The van der Waals surface area contributed by atoms with Crippen LogP contribution >= 0.6 is 35.6 Å². The number of para-hydroxylation sites is 2. The molecule has 0 atom stereocenters. The largest absolute Gasteiger partial charge is 0.505 e. The topological polar surface area (TPSA) is 305 Å². The first kappa shape index (κ1) is 72.1. The number of nitrogens with zero attached hydrogens (tertiary/aromatic N) is 10. The molecule has 2 fully saturated rings. The van der Waals surface area contributed by atoms with Gasteiger partial charge in [0.2, 0.25) is 0 Å². The normalized spacial score (nSPS) is 11.7. The summed E-state index contributed by atoms with van der Waals surface area (Å²) < 4.78 is 69.4. The van der Waals surface area contributed by atoms with Crippen molar-refractivity contribution in [1.82, 2.24) is 29.7 Å². The van der Waals surface area contributed by atoms with Crippen LogP contribution in [0.2, 0.25) is 5.02 Å². The third kappa shape index (κ3) is 22.1. The SMILES string of the molecule is Cl.Clc1ccncc1.Nc1ccc(Oc2ccncc2)c(F)c1.O=C(Cl)N1CCN(c2ccccc2)C1=O.O=C(Nc1ccc(Oc2ccncc2)c(F)c1)N1CCN(c2ccccc2)C1=O.O=[N+]([O-])c1ccc(O)c(F)c1.O=[N+]([O-])c1ccc(Oc2ccncc2)c(F)c1. The lowest BCUT2D eigenvalue weighted by atomic mass is 10.3. The molecular weight excluding hydrogens is 1310 g/mol. The minimum Gasteiger partial charge on any atom is -0.505 e. The molecule has 4 N–H and O–H groups in total. The first-order chi connectivity index (χ1) is 45.2. The number of nitro benzene ring substituents is 2. The van der Waals surface area contributed by atoms with Crippen LogP contribution in [0.4, 0.5) is 70.9 Å². The second-order valence-electron chi connectivity index (χ2n) is 18.6. The van der Waals surface area contributed by atoms with Crippen molar-refractivity contribution in [2.24, 2.45) is 0 Å². The van der Waals surface area contributed by atoms with Gasteiger partial charge in [0.1, 0.15) is 17.2 Å². The van der Waals surface area contributed by atoms with Gasteiger partial charge in [-0.1, -0.05) is 48.0 Å². The Morgan fingerprint density at radius 3 is 1.26 bits per heavy atom. The van der Waals surface area contributed by atoms with E-state index in [0.717, 1.165) is 50.5 Å². The van der Waals surface area contributed by atoms with E-state index in [1.807, 2.05) is 48.5 Å². The van der Waals surface area contributed by atoms with Gasteiger partial charge in [0.25, 0.3) is 11.4 Å². The maximum absolute atomic E-state index is 14.3. The summed E-state index contributed by atoms with van der Waals surface area (Å²) in [5.41, 5.74) is 6.82. The Kier molecular flexibility index (Phi) is 27.4. The van der Waals surface area contributed by atoms with Gasteiger partial charge in [-0.3, -0.25) is 54.8 Å². The fourth-order valence-corrected chi connectivity index (χ4v) is 8.07. The number of nitrogens with two attached hydrogens (primary N) is 1. The molecule has 0 saturated carbocycles. The van der Waals surface area contributed by atoms with Crippen LogP contribution in [-0.2, 0) is 0 Å². The summed E-state index contributed by atoms with van der Waals surface area (Å²) in [5, 5.41) is 31.6. The Morgan fingerprint density at radius 1 is 0.505 bits per heavy atom. The lowest BCUT2D eigenvalue weighted by molar-refractivity contribution is -0.385. The molecule has 4 aromatic heterocycles. The van der Waals surface area contributed by atoms with Gasteiger partial charge in [-0.05, 0) is 121 Å². The van der Waals surface area contributed by atoms with Crippen LogP contribution in [-0.4, -0.2) is 94.3 Å². The van der Waals surface area contributed by atoms with Crippen molar-refractivity contribution in [2.75, 3.05) is 47.0 Å². The number of pyridine rings is 4. The Bertz CT molecular complexity index is 4190. The van der Waals surface area contributed by atoms with Crippen LogP contribution in [0.3, 0.4) is 0 Å². The molecule has 95 heavy (non-hydrogen) atoms.